The molecule has 1 rings (SSSR count). The Morgan fingerprint density at radius 2 is 2.29 bits per heavy atom. The van der Waals surface area contributed by atoms with Gasteiger partial charge in [-0.05, 0) is 6.42 Å². The van der Waals surface area contributed by atoms with E-state index >= 15 is 0 Å². The minimum Gasteiger partial charge on any atom is -0.354 e. The van der Waals surface area contributed by atoms with Crippen LogP contribution < -0.4 is 5.32 Å². The molecule has 4 heteroatoms. The summed E-state index contributed by atoms with van der Waals surface area (Å²) in [7, 11) is 0. The number of anilines is 1. The Kier molecular flexibility index (Phi) is 4.21. The third-order valence-electron chi connectivity index (χ3n) is 1.74. The number of terminal acetylenes is 1. The second-order valence-electron chi connectivity index (χ2n) is 2.85. The summed E-state index contributed by atoms with van der Waals surface area (Å²) in [5.41, 5.74) is 0. The molecule has 0 saturated carbocycles. The number of rotatable bonds is 4. The number of nitrogens with one attached hydrogen (secondary N) is 1. The number of hydrogen-bond donors (Lipinski definition) is 1. The van der Waals surface area contributed by atoms with Gasteiger partial charge in [0.25, 0.3) is 0 Å². The van der Waals surface area contributed by atoms with E-state index in [0.29, 0.717) is 11.0 Å². The molecule has 0 saturated heterocycles. The number of halogens is 1. The van der Waals surface area contributed by atoms with Crippen molar-refractivity contribution in [2.75, 3.05) is 5.32 Å². The summed E-state index contributed by atoms with van der Waals surface area (Å²) in [6, 6.07) is -0.0331. The molecule has 0 amide bonds. The van der Waals surface area contributed by atoms with Crippen LogP contribution in [0.25, 0.3) is 0 Å². The molecule has 1 unspecified atom stereocenters. The van der Waals surface area contributed by atoms with E-state index in [2.05, 4.69) is 28.1 Å². The molecule has 74 valence electrons. The van der Waals surface area contributed by atoms with E-state index in [1.165, 1.54) is 6.20 Å². The van der Waals surface area contributed by atoms with Gasteiger partial charge in [-0.15, -0.1) is 6.42 Å². The topological polar surface area (TPSA) is 37.8 Å². The lowest BCUT2D eigenvalue weighted by Gasteiger charge is -2.12. The predicted octanol–water partition coefficient (Wildman–Crippen LogP) is 2.34. The van der Waals surface area contributed by atoms with Crippen molar-refractivity contribution in [1.82, 2.24) is 9.97 Å². The highest BCUT2D eigenvalue weighted by Gasteiger charge is 2.07. The molecule has 0 aliphatic heterocycles. The van der Waals surface area contributed by atoms with Crippen LogP contribution in [0.15, 0.2) is 12.4 Å². The van der Waals surface area contributed by atoms with E-state index in [0.717, 1.165) is 12.8 Å². The van der Waals surface area contributed by atoms with Crippen molar-refractivity contribution in [3.8, 4) is 12.3 Å². The minimum absolute atomic E-state index is 0.0331. The summed E-state index contributed by atoms with van der Waals surface area (Å²) in [4.78, 5) is 7.95. The standard InChI is InChI=1S/C10H12ClN3/c1-3-5-8(4-2)14-10-9(11)12-6-7-13-10/h2,6-8H,3,5H2,1H3,(H,13,14). The smallest absolute Gasteiger partial charge is 0.171 e. The van der Waals surface area contributed by atoms with Crippen molar-refractivity contribution in [2.45, 2.75) is 25.8 Å². The summed E-state index contributed by atoms with van der Waals surface area (Å²) in [6.07, 6.45) is 10.4. The Balaban J connectivity index is 2.68. The molecule has 0 spiro atoms. The van der Waals surface area contributed by atoms with Crippen LogP contribution in [0.5, 0.6) is 0 Å². The lowest BCUT2D eigenvalue weighted by molar-refractivity contribution is 0.752. The fraction of sp³-hybridized carbons (Fsp3) is 0.400. The van der Waals surface area contributed by atoms with E-state index < -0.39 is 0 Å². The van der Waals surface area contributed by atoms with Gasteiger partial charge in [-0.2, -0.15) is 0 Å². The van der Waals surface area contributed by atoms with Gasteiger partial charge in [0.15, 0.2) is 11.0 Å². The van der Waals surface area contributed by atoms with Crippen molar-refractivity contribution >= 4 is 17.4 Å². The Hall–Kier alpha value is -1.27. The van der Waals surface area contributed by atoms with Gasteiger partial charge < -0.3 is 5.32 Å². The third kappa shape index (κ3) is 2.90. The molecule has 0 aromatic carbocycles. The monoisotopic (exact) mass is 209 g/mol. The highest BCUT2D eigenvalue weighted by molar-refractivity contribution is 6.31. The Bertz CT molecular complexity index is 332. The lowest BCUT2D eigenvalue weighted by atomic mass is 10.2. The van der Waals surface area contributed by atoms with Crippen molar-refractivity contribution in [3.05, 3.63) is 17.5 Å². The van der Waals surface area contributed by atoms with Gasteiger partial charge in [0, 0.05) is 12.4 Å². The molecule has 14 heavy (non-hydrogen) atoms. The van der Waals surface area contributed by atoms with Crippen LogP contribution in [0, 0.1) is 12.3 Å². The SMILES string of the molecule is C#CC(CCC)Nc1nccnc1Cl. The van der Waals surface area contributed by atoms with Gasteiger partial charge >= 0.3 is 0 Å². The molecule has 1 aromatic heterocycles. The second-order valence-corrected chi connectivity index (χ2v) is 3.21. The van der Waals surface area contributed by atoms with E-state index in [1.807, 2.05) is 0 Å². The van der Waals surface area contributed by atoms with Crippen LogP contribution in [0.2, 0.25) is 5.15 Å². The Morgan fingerprint density at radius 1 is 1.57 bits per heavy atom. The van der Waals surface area contributed by atoms with Crippen LogP contribution in [-0.4, -0.2) is 16.0 Å². The maximum Gasteiger partial charge on any atom is 0.171 e. The Labute approximate surface area is 88.9 Å². The van der Waals surface area contributed by atoms with Crippen molar-refractivity contribution in [2.24, 2.45) is 0 Å². The highest BCUT2D eigenvalue weighted by atomic mass is 35.5. The molecule has 1 heterocycles. The normalized spacial score (nSPS) is 11.8. The first-order valence-electron chi connectivity index (χ1n) is 4.47. The van der Waals surface area contributed by atoms with E-state index in [-0.39, 0.29) is 6.04 Å². The van der Waals surface area contributed by atoms with Gasteiger partial charge in [-0.25, -0.2) is 9.97 Å². The summed E-state index contributed by atoms with van der Waals surface area (Å²) in [6.45, 7) is 2.07. The third-order valence-corrected chi connectivity index (χ3v) is 2.02. The zero-order chi connectivity index (χ0) is 10.4. The van der Waals surface area contributed by atoms with Gasteiger partial charge in [-0.3, -0.25) is 0 Å². The highest BCUT2D eigenvalue weighted by Crippen LogP contribution is 2.16. The summed E-state index contributed by atoms with van der Waals surface area (Å²) in [5.74, 6) is 3.19. The van der Waals surface area contributed by atoms with E-state index in [1.54, 1.807) is 6.20 Å². The van der Waals surface area contributed by atoms with E-state index in [4.69, 9.17) is 18.0 Å². The van der Waals surface area contributed by atoms with Crippen LogP contribution in [0.1, 0.15) is 19.8 Å². The number of nitrogens with zero attached hydrogens (tertiary/aromatic N) is 2. The second kappa shape index (κ2) is 5.46. The summed E-state index contributed by atoms with van der Waals surface area (Å²) >= 11 is 5.82. The largest absolute Gasteiger partial charge is 0.354 e. The van der Waals surface area contributed by atoms with Crippen molar-refractivity contribution < 1.29 is 0 Å². The van der Waals surface area contributed by atoms with E-state index in [9.17, 15) is 0 Å². The molecule has 1 aromatic rings. The maximum atomic E-state index is 5.82. The molecule has 1 N–H and O–H groups in total. The van der Waals surface area contributed by atoms with Crippen LogP contribution in [-0.2, 0) is 0 Å². The zero-order valence-corrected chi connectivity index (χ0v) is 8.75. The van der Waals surface area contributed by atoms with Crippen LogP contribution in [0.3, 0.4) is 0 Å². The summed E-state index contributed by atoms with van der Waals surface area (Å²) < 4.78 is 0. The number of hydrogen-bond acceptors (Lipinski definition) is 3. The Morgan fingerprint density at radius 3 is 2.86 bits per heavy atom. The molecular weight excluding hydrogens is 198 g/mol. The molecule has 0 fully saturated rings. The maximum absolute atomic E-state index is 5.82. The van der Waals surface area contributed by atoms with Gasteiger partial charge in [0.1, 0.15) is 0 Å². The first-order chi connectivity index (χ1) is 6.77. The fourth-order valence-corrected chi connectivity index (χ4v) is 1.23. The quantitative estimate of drug-likeness (QED) is 0.774. The summed E-state index contributed by atoms with van der Waals surface area (Å²) in [5, 5.41) is 3.41. The molecule has 3 nitrogen and oxygen atoms in total. The van der Waals surface area contributed by atoms with Crippen molar-refractivity contribution in [3.63, 3.8) is 0 Å². The number of aromatic nitrogens is 2. The minimum atomic E-state index is -0.0331. The lowest BCUT2D eigenvalue weighted by Crippen LogP contribution is -2.18. The van der Waals surface area contributed by atoms with Gasteiger partial charge in [-0.1, -0.05) is 30.9 Å². The van der Waals surface area contributed by atoms with Crippen LogP contribution in [0.4, 0.5) is 5.82 Å². The molecule has 0 aliphatic carbocycles. The first-order valence-corrected chi connectivity index (χ1v) is 4.85. The zero-order valence-electron chi connectivity index (χ0n) is 8.00. The van der Waals surface area contributed by atoms with Gasteiger partial charge in [0.05, 0.1) is 6.04 Å². The molecule has 0 aliphatic rings. The van der Waals surface area contributed by atoms with Gasteiger partial charge in [0.2, 0.25) is 0 Å². The molecule has 0 radical (unpaired) electrons. The fourth-order valence-electron chi connectivity index (χ4n) is 1.07. The van der Waals surface area contributed by atoms with Crippen LogP contribution >= 0.6 is 11.6 Å². The molecular formula is C10H12ClN3. The van der Waals surface area contributed by atoms with Crippen molar-refractivity contribution in [1.29, 1.82) is 0 Å². The average molecular weight is 210 g/mol. The predicted molar refractivity (Wildman–Crippen MR) is 58.2 cm³/mol. The first kappa shape index (κ1) is 10.8. The average Bonchev–Trinajstić information content (AvgIpc) is 2.20. The molecule has 1 atom stereocenters. The molecule has 0 bridgehead atoms.